The van der Waals surface area contributed by atoms with Gasteiger partial charge in [0, 0.05) is 33.1 Å². The van der Waals surface area contributed by atoms with Crippen LogP contribution in [-0.4, -0.2) is 10.9 Å². The lowest BCUT2D eigenvalue weighted by molar-refractivity contribution is 0.102. The van der Waals surface area contributed by atoms with E-state index >= 15 is 0 Å². The van der Waals surface area contributed by atoms with Crippen molar-refractivity contribution in [2.45, 2.75) is 13.3 Å². The first-order valence-corrected chi connectivity index (χ1v) is 8.85. The Balaban J connectivity index is 1.70. The van der Waals surface area contributed by atoms with Crippen molar-refractivity contribution in [1.82, 2.24) is 4.98 Å². The van der Waals surface area contributed by atoms with E-state index in [4.69, 9.17) is 23.2 Å². The van der Waals surface area contributed by atoms with Crippen molar-refractivity contribution < 1.29 is 4.79 Å². The highest BCUT2D eigenvalue weighted by atomic mass is 35.5. The number of nitrogens with one attached hydrogen (secondary N) is 1. The van der Waals surface area contributed by atoms with Crippen LogP contribution >= 0.6 is 34.5 Å². The van der Waals surface area contributed by atoms with E-state index in [1.165, 1.54) is 11.3 Å². The molecule has 2 aromatic carbocycles. The molecule has 0 aliphatic heterocycles. The number of halogens is 2. The molecule has 0 radical (unpaired) electrons. The summed E-state index contributed by atoms with van der Waals surface area (Å²) in [5.41, 5.74) is 2.65. The molecule has 1 heterocycles. The van der Waals surface area contributed by atoms with Crippen LogP contribution in [0.1, 0.15) is 26.4 Å². The Bertz CT molecular complexity index is 875. The molecule has 0 fully saturated rings. The largest absolute Gasteiger partial charge is 0.298 e. The second kappa shape index (κ2) is 7.34. The molecular weight excluding hydrogens is 363 g/mol. The Morgan fingerprint density at radius 2 is 1.92 bits per heavy atom. The topological polar surface area (TPSA) is 42.0 Å². The molecule has 0 aliphatic rings. The summed E-state index contributed by atoms with van der Waals surface area (Å²) in [6.07, 6.45) is 2.37. The fourth-order valence-electron chi connectivity index (χ4n) is 2.19. The van der Waals surface area contributed by atoms with Gasteiger partial charge < -0.3 is 0 Å². The second-order valence-corrected chi connectivity index (χ2v) is 7.32. The third-order valence-electron chi connectivity index (χ3n) is 3.46. The monoisotopic (exact) mass is 376 g/mol. The minimum atomic E-state index is -0.170. The van der Waals surface area contributed by atoms with Gasteiger partial charge in [-0.3, -0.25) is 10.1 Å². The highest BCUT2D eigenvalue weighted by Gasteiger charge is 2.10. The van der Waals surface area contributed by atoms with E-state index in [1.54, 1.807) is 30.5 Å². The quantitative estimate of drug-likeness (QED) is 0.643. The molecule has 1 N–H and O–H groups in total. The van der Waals surface area contributed by atoms with Crippen molar-refractivity contribution in [3.8, 4) is 0 Å². The highest BCUT2D eigenvalue weighted by molar-refractivity contribution is 7.15. The lowest BCUT2D eigenvalue weighted by Crippen LogP contribution is -2.11. The molecule has 3 nitrogen and oxygen atoms in total. The van der Waals surface area contributed by atoms with E-state index in [2.05, 4.69) is 10.3 Å². The molecule has 1 amide bonds. The number of benzene rings is 2. The van der Waals surface area contributed by atoms with Crippen molar-refractivity contribution in [3.05, 3.63) is 80.3 Å². The van der Waals surface area contributed by atoms with Crippen LogP contribution in [0.25, 0.3) is 0 Å². The molecule has 3 aromatic rings. The van der Waals surface area contributed by atoms with Gasteiger partial charge >= 0.3 is 0 Å². The Labute approximate surface area is 154 Å². The summed E-state index contributed by atoms with van der Waals surface area (Å²) in [4.78, 5) is 17.5. The summed E-state index contributed by atoms with van der Waals surface area (Å²) in [7, 11) is 0. The fraction of sp³-hybridized carbons (Fsp3) is 0.111. The minimum absolute atomic E-state index is 0.170. The van der Waals surface area contributed by atoms with Gasteiger partial charge in [0.1, 0.15) is 0 Å². The molecule has 0 aliphatic carbocycles. The maximum absolute atomic E-state index is 12.2. The van der Waals surface area contributed by atoms with Crippen LogP contribution in [0.4, 0.5) is 5.13 Å². The molecule has 0 saturated carbocycles. The molecular formula is C18H14Cl2N2OS. The number of rotatable bonds is 4. The normalized spacial score (nSPS) is 10.6. The van der Waals surface area contributed by atoms with E-state index < -0.39 is 0 Å². The number of thiazole rings is 1. The molecule has 0 saturated heterocycles. The number of nitrogens with zero attached hydrogens (tertiary/aromatic N) is 1. The Morgan fingerprint density at radius 1 is 1.17 bits per heavy atom. The summed E-state index contributed by atoms with van der Waals surface area (Å²) >= 11 is 13.6. The average Bonchev–Trinajstić information content (AvgIpc) is 2.98. The Hall–Kier alpha value is -1.88. The molecule has 0 unspecified atom stereocenters. The second-order valence-electron chi connectivity index (χ2n) is 5.36. The first-order chi connectivity index (χ1) is 11.5. The molecule has 24 heavy (non-hydrogen) atoms. The van der Waals surface area contributed by atoms with E-state index in [0.29, 0.717) is 27.2 Å². The van der Waals surface area contributed by atoms with Gasteiger partial charge in [-0.2, -0.15) is 0 Å². The van der Waals surface area contributed by atoms with Crippen molar-refractivity contribution in [2.75, 3.05) is 5.32 Å². The number of amides is 1. The van der Waals surface area contributed by atoms with Gasteiger partial charge in [-0.25, -0.2) is 4.98 Å². The van der Waals surface area contributed by atoms with Crippen molar-refractivity contribution in [2.24, 2.45) is 0 Å². The SMILES string of the molecule is Cc1ccc(C(=O)Nc2ncc(Cc3cc(Cl)ccc3Cl)s2)cc1. The van der Waals surface area contributed by atoms with Crippen LogP contribution in [0.15, 0.2) is 48.7 Å². The first kappa shape index (κ1) is 17.0. The molecule has 1 aromatic heterocycles. The van der Waals surface area contributed by atoms with Crippen LogP contribution in [0.5, 0.6) is 0 Å². The molecule has 0 spiro atoms. The number of carbonyl (C=O) groups is 1. The Morgan fingerprint density at radius 3 is 2.67 bits per heavy atom. The van der Waals surface area contributed by atoms with Gasteiger partial charge in [-0.1, -0.05) is 40.9 Å². The van der Waals surface area contributed by atoms with Gasteiger partial charge in [0.2, 0.25) is 0 Å². The van der Waals surface area contributed by atoms with Crippen LogP contribution in [0, 0.1) is 6.92 Å². The standard InChI is InChI=1S/C18H14Cl2N2OS/c1-11-2-4-12(5-3-11)17(23)22-18-21-10-15(24-18)9-13-8-14(19)6-7-16(13)20/h2-8,10H,9H2,1H3,(H,21,22,23). The van der Waals surface area contributed by atoms with Gasteiger partial charge in [-0.15, -0.1) is 11.3 Å². The molecule has 0 atom stereocenters. The lowest BCUT2D eigenvalue weighted by atomic mass is 10.1. The van der Waals surface area contributed by atoms with Crippen molar-refractivity contribution >= 4 is 45.6 Å². The fourth-order valence-corrected chi connectivity index (χ4v) is 3.40. The van der Waals surface area contributed by atoms with Crippen molar-refractivity contribution in [1.29, 1.82) is 0 Å². The molecule has 6 heteroatoms. The number of aryl methyl sites for hydroxylation is 1. The highest BCUT2D eigenvalue weighted by Crippen LogP contribution is 2.27. The zero-order chi connectivity index (χ0) is 17.1. The molecule has 122 valence electrons. The number of hydrogen-bond acceptors (Lipinski definition) is 3. The third-order valence-corrected chi connectivity index (χ3v) is 4.98. The summed E-state index contributed by atoms with van der Waals surface area (Å²) in [6.45, 7) is 1.98. The molecule has 3 rings (SSSR count). The maximum atomic E-state index is 12.2. The summed E-state index contributed by atoms with van der Waals surface area (Å²) in [5, 5.41) is 4.69. The molecule has 0 bridgehead atoms. The number of carbonyl (C=O) groups excluding carboxylic acids is 1. The zero-order valence-electron chi connectivity index (χ0n) is 12.8. The summed E-state index contributed by atoms with van der Waals surface area (Å²) in [6, 6.07) is 12.8. The van der Waals surface area contributed by atoms with Gasteiger partial charge in [0.25, 0.3) is 5.91 Å². The van der Waals surface area contributed by atoms with E-state index in [-0.39, 0.29) is 5.91 Å². The van der Waals surface area contributed by atoms with Crippen LogP contribution < -0.4 is 5.32 Å². The van der Waals surface area contributed by atoms with E-state index in [1.807, 2.05) is 25.1 Å². The predicted octanol–water partition coefficient (Wildman–Crippen LogP) is 5.60. The Kier molecular flexibility index (Phi) is 5.19. The average molecular weight is 377 g/mol. The van der Waals surface area contributed by atoms with Gasteiger partial charge in [-0.05, 0) is 42.8 Å². The van der Waals surface area contributed by atoms with E-state index in [0.717, 1.165) is 16.0 Å². The maximum Gasteiger partial charge on any atom is 0.257 e. The summed E-state index contributed by atoms with van der Waals surface area (Å²) < 4.78 is 0. The first-order valence-electron chi connectivity index (χ1n) is 7.28. The lowest BCUT2D eigenvalue weighted by Gasteiger charge is -2.03. The number of anilines is 1. The predicted molar refractivity (Wildman–Crippen MR) is 101 cm³/mol. The minimum Gasteiger partial charge on any atom is -0.298 e. The van der Waals surface area contributed by atoms with Crippen molar-refractivity contribution in [3.63, 3.8) is 0 Å². The third kappa shape index (κ3) is 4.15. The van der Waals surface area contributed by atoms with E-state index in [9.17, 15) is 4.79 Å². The zero-order valence-corrected chi connectivity index (χ0v) is 15.2. The van der Waals surface area contributed by atoms with Gasteiger partial charge in [0.15, 0.2) is 5.13 Å². The number of hydrogen-bond donors (Lipinski definition) is 1. The van der Waals surface area contributed by atoms with Crippen LogP contribution in [-0.2, 0) is 6.42 Å². The van der Waals surface area contributed by atoms with Crippen LogP contribution in [0.2, 0.25) is 10.0 Å². The smallest absolute Gasteiger partial charge is 0.257 e. The summed E-state index contributed by atoms with van der Waals surface area (Å²) in [5.74, 6) is -0.170. The number of aromatic nitrogens is 1. The van der Waals surface area contributed by atoms with Gasteiger partial charge in [0.05, 0.1) is 0 Å². The van der Waals surface area contributed by atoms with Crippen LogP contribution in [0.3, 0.4) is 0 Å².